The summed E-state index contributed by atoms with van der Waals surface area (Å²) in [5.74, 6) is 0. The molecule has 0 amide bonds. The Balaban J connectivity index is 2.17. The van der Waals surface area contributed by atoms with Gasteiger partial charge in [0.1, 0.15) is 0 Å². The van der Waals surface area contributed by atoms with Crippen LogP contribution in [0.4, 0.5) is 0 Å². The number of rotatable bonds is 6. The first kappa shape index (κ1) is 14.8. The molecule has 2 rings (SSSR count). The van der Waals surface area contributed by atoms with Gasteiger partial charge in [-0.25, -0.2) is 0 Å². The van der Waals surface area contributed by atoms with E-state index in [1.54, 1.807) is 0 Å². The van der Waals surface area contributed by atoms with E-state index in [9.17, 15) is 0 Å². The molecule has 110 valence electrons. The lowest BCUT2D eigenvalue weighted by molar-refractivity contribution is 0.601. The molecule has 0 radical (unpaired) electrons. The molecule has 0 saturated heterocycles. The Morgan fingerprint density at radius 3 is 2.55 bits per heavy atom. The summed E-state index contributed by atoms with van der Waals surface area (Å²) in [5, 5.41) is 12.5. The van der Waals surface area contributed by atoms with E-state index in [1.165, 1.54) is 17.0 Å². The van der Waals surface area contributed by atoms with Gasteiger partial charge in [0.2, 0.25) is 0 Å². The molecule has 2 heterocycles. The van der Waals surface area contributed by atoms with Gasteiger partial charge in [0.25, 0.3) is 0 Å². The maximum Gasteiger partial charge on any atom is 0.0831 e. The molecule has 2 aromatic rings. The van der Waals surface area contributed by atoms with Crippen LogP contribution in [0, 0.1) is 20.8 Å². The van der Waals surface area contributed by atoms with Crippen LogP contribution in [-0.4, -0.2) is 26.1 Å². The fourth-order valence-corrected chi connectivity index (χ4v) is 2.50. The second-order valence-electron chi connectivity index (χ2n) is 5.38. The third-order valence-electron chi connectivity index (χ3n) is 3.67. The molecule has 0 aromatic carbocycles. The van der Waals surface area contributed by atoms with E-state index >= 15 is 0 Å². The zero-order valence-electron chi connectivity index (χ0n) is 13.2. The van der Waals surface area contributed by atoms with Gasteiger partial charge in [0.15, 0.2) is 0 Å². The Morgan fingerprint density at radius 1 is 1.20 bits per heavy atom. The van der Waals surface area contributed by atoms with E-state index in [0.29, 0.717) is 0 Å². The average molecular weight is 275 g/mol. The zero-order valence-corrected chi connectivity index (χ0v) is 13.2. The molecule has 5 nitrogen and oxygen atoms in total. The molecule has 2 aromatic heterocycles. The molecule has 20 heavy (non-hydrogen) atoms. The molecule has 0 spiro atoms. The van der Waals surface area contributed by atoms with Gasteiger partial charge in [-0.1, -0.05) is 6.92 Å². The molecule has 0 unspecified atom stereocenters. The molecule has 0 atom stereocenters. The Kier molecular flexibility index (Phi) is 4.60. The van der Waals surface area contributed by atoms with Crippen LogP contribution in [0.15, 0.2) is 6.07 Å². The zero-order chi connectivity index (χ0) is 14.7. The Morgan fingerprint density at radius 2 is 1.95 bits per heavy atom. The Hall–Kier alpha value is -1.62. The number of hydrogen-bond acceptors (Lipinski definition) is 3. The Labute approximate surface area is 121 Å². The maximum atomic E-state index is 4.67. The largest absolute Gasteiger partial charge is 0.313 e. The highest BCUT2D eigenvalue weighted by molar-refractivity contribution is 5.25. The molecule has 0 aliphatic rings. The van der Waals surface area contributed by atoms with Gasteiger partial charge in [0, 0.05) is 24.8 Å². The first-order chi connectivity index (χ1) is 9.52. The lowest BCUT2D eigenvalue weighted by Gasteiger charge is -2.06. The van der Waals surface area contributed by atoms with Crippen molar-refractivity contribution in [1.29, 1.82) is 0 Å². The summed E-state index contributed by atoms with van der Waals surface area (Å²) in [5.41, 5.74) is 5.90. The van der Waals surface area contributed by atoms with E-state index in [-0.39, 0.29) is 0 Å². The van der Waals surface area contributed by atoms with E-state index < -0.39 is 0 Å². The first-order valence-electron chi connectivity index (χ1n) is 7.26. The summed E-state index contributed by atoms with van der Waals surface area (Å²) in [6.45, 7) is 11.2. The molecule has 1 N–H and O–H groups in total. The van der Waals surface area contributed by atoms with Crippen LogP contribution in [0.3, 0.4) is 0 Å². The number of nitrogens with zero attached hydrogens (tertiary/aromatic N) is 4. The average Bonchev–Trinajstić information content (AvgIpc) is 2.83. The summed E-state index contributed by atoms with van der Waals surface area (Å²) in [6.07, 6.45) is 1.15. The minimum Gasteiger partial charge on any atom is -0.313 e. The number of aryl methyl sites for hydroxylation is 3. The number of hydrogen-bond donors (Lipinski definition) is 1. The molecule has 0 bridgehead atoms. The number of nitrogens with one attached hydrogen (secondary N) is 1. The van der Waals surface area contributed by atoms with Gasteiger partial charge in [0.05, 0.1) is 23.6 Å². The van der Waals surface area contributed by atoms with Crippen molar-refractivity contribution in [2.24, 2.45) is 7.05 Å². The molecule has 0 saturated carbocycles. The Bertz CT molecular complexity index is 579. The van der Waals surface area contributed by atoms with Gasteiger partial charge >= 0.3 is 0 Å². The van der Waals surface area contributed by atoms with Crippen molar-refractivity contribution in [3.05, 3.63) is 34.4 Å². The topological polar surface area (TPSA) is 47.7 Å². The highest BCUT2D eigenvalue weighted by Crippen LogP contribution is 2.15. The van der Waals surface area contributed by atoms with Gasteiger partial charge in [-0.05, 0) is 39.8 Å². The summed E-state index contributed by atoms with van der Waals surface area (Å²) in [4.78, 5) is 0. The van der Waals surface area contributed by atoms with E-state index in [4.69, 9.17) is 0 Å². The fraction of sp³-hybridized carbons (Fsp3) is 0.600. The van der Waals surface area contributed by atoms with Crippen LogP contribution >= 0.6 is 0 Å². The first-order valence-corrected chi connectivity index (χ1v) is 7.26. The highest BCUT2D eigenvalue weighted by Gasteiger charge is 2.12. The number of aromatic nitrogens is 4. The lowest BCUT2D eigenvalue weighted by atomic mass is 10.2. The van der Waals surface area contributed by atoms with E-state index in [1.807, 2.05) is 18.7 Å². The SMILES string of the molecule is CCCNCc1c(C)nn(Cc2cc(C)nn2C)c1C. The third kappa shape index (κ3) is 3.10. The van der Waals surface area contributed by atoms with Gasteiger partial charge in [-0.3, -0.25) is 9.36 Å². The summed E-state index contributed by atoms with van der Waals surface area (Å²) in [6, 6.07) is 2.12. The van der Waals surface area contributed by atoms with Crippen LogP contribution in [0.25, 0.3) is 0 Å². The van der Waals surface area contributed by atoms with Crippen LogP contribution in [-0.2, 0) is 20.1 Å². The van der Waals surface area contributed by atoms with Crippen molar-refractivity contribution in [2.45, 2.75) is 47.2 Å². The molecular weight excluding hydrogens is 250 g/mol. The van der Waals surface area contributed by atoms with Crippen LogP contribution in [0.1, 0.15) is 41.7 Å². The summed E-state index contributed by atoms with van der Waals surface area (Å²) in [7, 11) is 1.98. The van der Waals surface area contributed by atoms with Crippen LogP contribution in [0.2, 0.25) is 0 Å². The molecule has 0 aliphatic heterocycles. The lowest BCUT2D eigenvalue weighted by Crippen LogP contribution is -2.15. The van der Waals surface area contributed by atoms with Gasteiger partial charge < -0.3 is 5.32 Å². The minimum atomic E-state index is 0.776. The molecule has 0 aliphatic carbocycles. The molecule has 5 heteroatoms. The minimum absolute atomic E-state index is 0.776. The monoisotopic (exact) mass is 275 g/mol. The summed E-state index contributed by atoms with van der Waals surface area (Å²) >= 11 is 0. The van der Waals surface area contributed by atoms with Crippen LogP contribution < -0.4 is 5.32 Å². The van der Waals surface area contributed by atoms with Crippen molar-refractivity contribution in [3.8, 4) is 0 Å². The van der Waals surface area contributed by atoms with Gasteiger partial charge in [-0.2, -0.15) is 10.2 Å². The van der Waals surface area contributed by atoms with E-state index in [2.05, 4.69) is 47.0 Å². The second-order valence-corrected chi connectivity index (χ2v) is 5.38. The predicted octanol–water partition coefficient (Wildman–Crippen LogP) is 2.09. The summed E-state index contributed by atoms with van der Waals surface area (Å²) < 4.78 is 4.01. The predicted molar refractivity (Wildman–Crippen MR) is 80.7 cm³/mol. The van der Waals surface area contributed by atoms with Gasteiger partial charge in [-0.15, -0.1) is 0 Å². The van der Waals surface area contributed by atoms with Crippen LogP contribution in [0.5, 0.6) is 0 Å². The van der Waals surface area contributed by atoms with E-state index in [0.717, 1.165) is 37.4 Å². The normalized spacial score (nSPS) is 11.2. The smallest absolute Gasteiger partial charge is 0.0831 e. The second kappa shape index (κ2) is 6.22. The maximum absolute atomic E-state index is 4.67. The highest BCUT2D eigenvalue weighted by atomic mass is 15.3. The van der Waals surface area contributed by atoms with Crippen molar-refractivity contribution in [1.82, 2.24) is 24.9 Å². The fourth-order valence-electron chi connectivity index (χ4n) is 2.50. The third-order valence-corrected chi connectivity index (χ3v) is 3.67. The molecular formula is C15H25N5. The molecule has 0 fully saturated rings. The van der Waals surface area contributed by atoms with Crippen molar-refractivity contribution in [3.63, 3.8) is 0 Å². The quantitative estimate of drug-likeness (QED) is 0.821. The van der Waals surface area contributed by atoms with Crippen molar-refractivity contribution in [2.75, 3.05) is 6.54 Å². The van der Waals surface area contributed by atoms with Crippen molar-refractivity contribution < 1.29 is 0 Å². The van der Waals surface area contributed by atoms with Crippen molar-refractivity contribution >= 4 is 0 Å². The standard InChI is InChI=1S/C15H25N5/c1-6-7-16-9-15-12(3)18-20(13(15)4)10-14-8-11(2)17-19(14)5/h8,16H,6-7,9-10H2,1-5H3.